The van der Waals surface area contributed by atoms with Crippen LogP contribution in [0.1, 0.15) is 54.9 Å². The highest BCUT2D eigenvalue weighted by Crippen LogP contribution is 2.27. The van der Waals surface area contributed by atoms with Gasteiger partial charge in [-0.05, 0) is 44.1 Å². The maximum Gasteiger partial charge on any atom is 0.263 e. The fourth-order valence-corrected chi connectivity index (χ4v) is 3.93. The van der Waals surface area contributed by atoms with E-state index in [2.05, 4.69) is 27.2 Å². The second-order valence-electron chi connectivity index (χ2n) is 6.15. The van der Waals surface area contributed by atoms with Crippen molar-refractivity contribution in [3.8, 4) is 10.8 Å². The van der Waals surface area contributed by atoms with Crippen molar-refractivity contribution in [2.45, 2.75) is 52.0 Å². The third-order valence-electron chi connectivity index (χ3n) is 4.35. The first kappa shape index (κ1) is 16.1. The molecule has 0 radical (unpaired) electrons. The average molecular weight is 330 g/mol. The van der Waals surface area contributed by atoms with E-state index in [-0.39, 0.29) is 5.91 Å². The van der Waals surface area contributed by atoms with E-state index in [4.69, 9.17) is 0 Å². The van der Waals surface area contributed by atoms with Crippen molar-refractivity contribution in [2.75, 3.05) is 0 Å². The highest BCUT2D eigenvalue weighted by atomic mass is 32.1. The van der Waals surface area contributed by atoms with Crippen LogP contribution in [0.15, 0.2) is 18.5 Å². The lowest BCUT2D eigenvalue weighted by Crippen LogP contribution is -2.37. The van der Waals surface area contributed by atoms with Crippen molar-refractivity contribution in [3.05, 3.63) is 29.0 Å². The quantitative estimate of drug-likeness (QED) is 0.932. The molecule has 0 unspecified atom stereocenters. The Labute approximate surface area is 140 Å². The number of aromatic nitrogens is 3. The highest BCUT2D eigenvalue weighted by molar-refractivity contribution is 7.17. The summed E-state index contributed by atoms with van der Waals surface area (Å²) >= 11 is 1.39. The lowest BCUT2D eigenvalue weighted by Gasteiger charge is -2.26. The van der Waals surface area contributed by atoms with Crippen LogP contribution in [0.4, 0.5) is 0 Å². The maximum atomic E-state index is 12.6. The van der Waals surface area contributed by atoms with Gasteiger partial charge in [0.05, 0.1) is 5.69 Å². The van der Waals surface area contributed by atoms with Crippen LogP contribution < -0.4 is 5.32 Å². The molecule has 23 heavy (non-hydrogen) atoms. The summed E-state index contributed by atoms with van der Waals surface area (Å²) in [6, 6.07) is 2.07. The summed E-state index contributed by atoms with van der Waals surface area (Å²) in [7, 11) is 0. The van der Waals surface area contributed by atoms with Gasteiger partial charge in [0.1, 0.15) is 4.88 Å². The van der Waals surface area contributed by atoms with Gasteiger partial charge in [0, 0.05) is 18.4 Å². The SMILES string of the molecule is CCc1nc(-c2ncccn2)sc1C(=O)NC1CCC(C)CC1. The van der Waals surface area contributed by atoms with Gasteiger partial charge in [-0.1, -0.05) is 13.8 Å². The number of hydrogen-bond acceptors (Lipinski definition) is 5. The van der Waals surface area contributed by atoms with Crippen molar-refractivity contribution in [3.63, 3.8) is 0 Å². The molecule has 1 amide bonds. The molecule has 0 atom stereocenters. The van der Waals surface area contributed by atoms with Crippen molar-refractivity contribution < 1.29 is 4.79 Å². The molecule has 0 aromatic carbocycles. The van der Waals surface area contributed by atoms with E-state index in [9.17, 15) is 4.79 Å². The number of carbonyl (C=O) groups excluding carboxylic acids is 1. The molecule has 0 bridgehead atoms. The van der Waals surface area contributed by atoms with E-state index < -0.39 is 0 Å². The number of nitrogens with zero attached hydrogens (tertiary/aromatic N) is 3. The predicted molar refractivity (Wildman–Crippen MR) is 91.4 cm³/mol. The molecule has 2 aromatic heterocycles. The smallest absolute Gasteiger partial charge is 0.263 e. The van der Waals surface area contributed by atoms with Gasteiger partial charge >= 0.3 is 0 Å². The third kappa shape index (κ3) is 3.75. The van der Waals surface area contributed by atoms with E-state index in [0.717, 1.165) is 30.9 Å². The summed E-state index contributed by atoms with van der Waals surface area (Å²) in [5.41, 5.74) is 0.833. The average Bonchev–Trinajstić information content (AvgIpc) is 3.02. The van der Waals surface area contributed by atoms with Crippen LogP contribution >= 0.6 is 11.3 Å². The Balaban J connectivity index is 1.76. The number of amides is 1. The fourth-order valence-electron chi connectivity index (χ4n) is 2.93. The molecule has 122 valence electrons. The van der Waals surface area contributed by atoms with E-state index in [0.29, 0.717) is 21.8 Å². The number of carbonyl (C=O) groups is 1. The summed E-state index contributed by atoms with van der Waals surface area (Å²) in [4.78, 5) is 26.3. The molecule has 2 aromatic rings. The van der Waals surface area contributed by atoms with Gasteiger partial charge in [-0.3, -0.25) is 4.79 Å². The Hall–Kier alpha value is -1.82. The lowest BCUT2D eigenvalue weighted by atomic mass is 9.87. The monoisotopic (exact) mass is 330 g/mol. The summed E-state index contributed by atoms with van der Waals surface area (Å²) in [6.07, 6.45) is 8.64. The zero-order chi connectivity index (χ0) is 16.2. The van der Waals surface area contributed by atoms with Gasteiger partial charge in [0.15, 0.2) is 10.8 Å². The summed E-state index contributed by atoms with van der Waals surface area (Å²) in [6.45, 7) is 4.30. The van der Waals surface area contributed by atoms with Crippen LogP contribution in [0.3, 0.4) is 0 Å². The molecule has 0 aliphatic heterocycles. The molecule has 0 spiro atoms. The Morgan fingerprint density at radius 1 is 1.26 bits per heavy atom. The van der Waals surface area contributed by atoms with Gasteiger partial charge in [0.2, 0.25) is 0 Å². The largest absolute Gasteiger partial charge is 0.349 e. The molecular formula is C17H22N4OS. The zero-order valence-corrected chi connectivity index (χ0v) is 14.4. The minimum atomic E-state index is 0.00100. The predicted octanol–water partition coefficient (Wildman–Crippen LogP) is 3.47. The minimum Gasteiger partial charge on any atom is -0.349 e. The first-order chi connectivity index (χ1) is 11.2. The van der Waals surface area contributed by atoms with Crippen LogP contribution in [0.5, 0.6) is 0 Å². The Kier molecular flexibility index (Phi) is 5.00. The van der Waals surface area contributed by atoms with Crippen LogP contribution in [0.25, 0.3) is 10.8 Å². The van der Waals surface area contributed by atoms with Crippen LogP contribution in [0, 0.1) is 5.92 Å². The fraction of sp³-hybridized carbons (Fsp3) is 0.529. The van der Waals surface area contributed by atoms with Crippen LogP contribution in [0.2, 0.25) is 0 Å². The molecule has 3 rings (SSSR count). The number of nitrogens with one attached hydrogen (secondary N) is 1. The van der Waals surface area contributed by atoms with Crippen molar-refractivity contribution in [2.24, 2.45) is 5.92 Å². The summed E-state index contributed by atoms with van der Waals surface area (Å²) in [5.74, 6) is 1.36. The standard InChI is InChI=1S/C17H22N4OS/c1-3-13-14(16(22)20-12-7-5-11(2)6-8-12)23-17(21-13)15-18-9-4-10-19-15/h4,9-12H,3,5-8H2,1-2H3,(H,20,22). The summed E-state index contributed by atoms with van der Waals surface area (Å²) < 4.78 is 0. The van der Waals surface area contributed by atoms with Crippen molar-refractivity contribution in [1.82, 2.24) is 20.3 Å². The maximum absolute atomic E-state index is 12.6. The molecule has 1 saturated carbocycles. The molecule has 1 aliphatic carbocycles. The van der Waals surface area contributed by atoms with Crippen molar-refractivity contribution >= 4 is 17.2 Å². The Morgan fingerprint density at radius 2 is 1.96 bits per heavy atom. The number of rotatable bonds is 4. The molecule has 1 fully saturated rings. The second kappa shape index (κ2) is 7.17. The minimum absolute atomic E-state index is 0.00100. The first-order valence-electron chi connectivity index (χ1n) is 8.25. The Morgan fingerprint density at radius 3 is 2.61 bits per heavy atom. The van der Waals surface area contributed by atoms with Gasteiger partial charge in [-0.15, -0.1) is 11.3 Å². The zero-order valence-electron chi connectivity index (χ0n) is 13.6. The van der Waals surface area contributed by atoms with E-state index in [1.165, 1.54) is 24.2 Å². The van der Waals surface area contributed by atoms with Crippen molar-refractivity contribution in [1.29, 1.82) is 0 Å². The lowest BCUT2D eigenvalue weighted by molar-refractivity contribution is 0.0926. The van der Waals surface area contributed by atoms with Gasteiger partial charge < -0.3 is 5.32 Å². The highest BCUT2D eigenvalue weighted by Gasteiger charge is 2.24. The van der Waals surface area contributed by atoms with Crippen LogP contribution in [-0.4, -0.2) is 26.9 Å². The molecule has 2 heterocycles. The molecule has 5 nitrogen and oxygen atoms in total. The first-order valence-corrected chi connectivity index (χ1v) is 9.07. The topological polar surface area (TPSA) is 67.8 Å². The molecule has 1 aliphatic rings. The van der Waals surface area contributed by atoms with Gasteiger partial charge in [-0.25, -0.2) is 15.0 Å². The summed E-state index contributed by atoms with van der Waals surface area (Å²) in [5, 5.41) is 3.90. The molecule has 0 saturated heterocycles. The van der Waals surface area contributed by atoms with Gasteiger partial charge in [0.25, 0.3) is 5.91 Å². The molecule has 6 heteroatoms. The third-order valence-corrected chi connectivity index (χ3v) is 5.44. The van der Waals surface area contributed by atoms with E-state index in [1.54, 1.807) is 18.5 Å². The Bertz CT molecular complexity index is 662. The number of thiazole rings is 1. The molecular weight excluding hydrogens is 308 g/mol. The van der Waals surface area contributed by atoms with E-state index in [1.807, 2.05) is 6.92 Å². The van der Waals surface area contributed by atoms with Gasteiger partial charge in [-0.2, -0.15) is 0 Å². The molecule has 1 N–H and O–H groups in total. The number of aryl methyl sites for hydroxylation is 1. The van der Waals surface area contributed by atoms with E-state index >= 15 is 0 Å². The van der Waals surface area contributed by atoms with Crippen LogP contribution in [-0.2, 0) is 6.42 Å². The normalized spacial score (nSPS) is 21.1. The number of hydrogen-bond donors (Lipinski definition) is 1. The second-order valence-corrected chi connectivity index (χ2v) is 7.15.